The molecule has 0 radical (unpaired) electrons. The van der Waals surface area contributed by atoms with Crippen LogP contribution in [0.5, 0.6) is 5.75 Å². The van der Waals surface area contributed by atoms with Crippen LogP contribution < -0.4 is 5.32 Å². The van der Waals surface area contributed by atoms with E-state index in [-0.39, 0.29) is 21.4 Å². The number of rotatable bonds is 2. The Morgan fingerprint density at radius 1 is 1.15 bits per heavy atom. The molecular weight excluding hydrogens is 299 g/mol. The van der Waals surface area contributed by atoms with Crippen LogP contribution in [0.25, 0.3) is 0 Å². The first kappa shape index (κ1) is 14.2. The van der Waals surface area contributed by atoms with Gasteiger partial charge in [-0.3, -0.25) is 4.79 Å². The number of phenolic OH excluding ortho intramolecular Hbond substituents is 1. The minimum atomic E-state index is -0.480. The van der Waals surface area contributed by atoms with E-state index in [1.807, 2.05) is 6.07 Å². The van der Waals surface area contributed by atoms with E-state index in [0.29, 0.717) is 11.3 Å². The fraction of sp³-hybridized carbons (Fsp3) is 0. The number of phenols is 1. The van der Waals surface area contributed by atoms with Crippen LogP contribution in [0.4, 0.5) is 5.69 Å². The van der Waals surface area contributed by atoms with Crippen LogP contribution in [0, 0.1) is 11.3 Å². The van der Waals surface area contributed by atoms with E-state index in [2.05, 4.69) is 5.32 Å². The predicted molar refractivity (Wildman–Crippen MR) is 77.2 cm³/mol. The number of amides is 1. The average molecular weight is 307 g/mol. The maximum atomic E-state index is 12.0. The number of benzene rings is 2. The largest absolute Gasteiger partial charge is 0.508 e. The normalized spacial score (nSPS) is 9.85. The maximum absolute atomic E-state index is 12.0. The van der Waals surface area contributed by atoms with Crippen molar-refractivity contribution in [3.8, 4) is 11.8 Å². The molecule has 0 saturated carbocycles. The summed E-state index contributed by atoms with van der Waals surface area (Å²) in [6.07, 6.45) is 0. The summed E-state index contributed by atoms with van der Waals surface area (Å²) in [6.45, 7) is 0. The average Bonchev–Trinajstić information content (AvgIpc) is 2.41. The standard InChI is InChI=1S/C14H8Cl2N2O2/c15-12-4-3-10(19)6-11(12)14(20)18-9-2-1-8(7-17)13(16)5-9/h1-6,19H,(H,18,20). The molecular formula is C14H8Cl2N2O2. The molecule has 4 nitrogen and oxygen atoms in total. The SMILES string of the molecule is N#Cc1ccc(NC(=O)c2cc(O)ccc2Cl)cc1Cl. The van der Waals surface area contributed by atoms with E-state index in [4.69, 9.17) is 28.5 Å². The van der Waals surface area contributed by atoms with Crippen molar-refractivity contribution in [2.45, 2.75) is 0 Å². The van der Waals surface area contributed by atoms with Crippen molar-refractivity contribution in [2.24, 2.45) is 0 Å². The molecule has 20 heavy (non-hydrogen) atoms. The Bertz CT molecular complexity index is 724. The van der Waals surface area contributed by atoms with Gasteiger partial charge in [-0.25, -0.2) is 0 Å². The molecule has 0 aliphatic heterocycles. The number of aromatic hydroxyl groups is 1. The van der Waals surface area contributed by atoms with Crippen molar-refractivity contribution in [3.05, 3.63) is 57.6 Å². The van der Waals surface area contributed by atoms with Crippen molar-refractivity contribution in [3.63, 3.8) is 0 Å². The van der Waals surface area contributed by atoms with Crippen LogP contribution in [0.1, 0.15) is 15.9 Å². The molecule has 0 aliphatic carbocycles. The summed E-state index contributed by atoms with van der Waals surface area (Å²) in [7, 11) is 0. The summed E-state index contributed by atoms with van der Waals surface area (Å²) < 4.78 is 0. The van der Waals surface area contributed by atoms with Crippen LogP contribution >= 0.6 is 23.2 Å². The molecule has 1 amide bonds. The third kappa shape index (κ3) is 3.02. The van der Waals surface area contributed by atoms with Crippen molar-refractivity contribution >= 4 is 34.8 Å². The minimum absolute atomic E-state index is 0.0580. The number of nitrogens with zero attached hydrogens (tertiary/aromatic N) is 1. The van der Waals surface area contributed by atoms with Gasteiger partial charge < -0.3 is 10.4 Å². The Balaban J connectivity index is 2.26. The third-order valence-corrected chi connectivity index (χ3v) is 3.18. The van der Waals surface area contributed by atoms with Gasteiger partial charge in [-0.1, -0.05) is 23.2 Å². The highest BCUT2D eigenvalue weighted by molar-refractivity contribution is 6.34. The summed E-state index contributed by atoms with van der Waals surface area (Å²) in [5.74, 6) is -0.538. The monoisotopic (exact) mass is 306 g/mol. The Morgan fingerprint density at radius 3 is 2.55 bits per heavy atom. The third-order valence-electron chi connectivity index (χ3n) is 2.54. The molecule has 0 saturated heterocycles. The summed E-state index contributed by atoms with van der Waals surface area (Å²) in [4.78, 5) is 12.0. The Hall–Kier alpha value is -2.22. The second kappa shape index (κ2) is 5.83. The van der Waals surface area contributed by atoms with Crippen LogP contribution in [0.15, 0.2) is 36.4 Å². The number of halogens is 2. The number of hydrogen-bond donors (Lipinski definition) is 2. The molecule has 0 unspecified atom stereocenters. The molecule has 0 bridgehead atoms. The minimum Gasteiger partial charge on any atom is -0.508 e. The van der Waals surface area contributed by atoms with Gasteiger partial charge in [0.15, 0.2) is 0 Å². The van der Waals surface area contributed by atoms with E-state index in [9.17, 15) is 9.90 Å². The van der Waals surface area contributed by atoms with Gasteiger partial charge in [0, 0.05) is 5.69 Å². The molecule has 0 heterocycles. The molecule has 6 heteroatoms. The lowest BCUT2D eigenvalue weighted by molar-refractivity contribution is 0.102. The van der Waals surface area contributed by atoms with Gasteiger partial charge in [0.1, 0.15) is 11.8 Å². The van der Waals surface area contributed by atoms with Crippen molar-refractivity contribution in [1.82, 2.24) is 0 Å². The molecule has 2 aromatic rings. The fourth-order valence-corrected chi connectivity index (χ4v) is 2.00. The predicted octanol–water partition coefficient (Wildman–Crippen LogP) is 3.82. The topological polar surface area (TPSA) is 73.1 Å². The zero-order valence-electron chi connectivity index (χ0n) is 10.0. The molecule has 0 aromatic heterocycles. The van der Waals surface area contributed by atoms with Gasteiger partial charge >= 0.3 is 0 Å². The highest BCUT2D eigenvalue weighted by Crippen LogP contribution is 2.24. The number of hydrogen-bond acceptors (Lipinski definition) is 3. The van der Waals surface area contributed by atoms with Gasteiger partial charge in [-0.15, -0.1) is 0 Å². The lowest BCUT2D eigenvalue weighted by Crippen LogP contribution is -2.12. The van der Waals surface area contributed by atoms with Crippen molar-refractivity contribution in [1.29, 1.82) is 5.26 Å². The number of carbonyl (C=O) groups is 1. The summed E-state index contributed by atoms with van der Waals surface area (Å²) in [5.41, 5.74) is 0.894. The zero-order chi connectivity index (χ0) is 14.7. The van der Waals surface area contributed by atoms with Gasteiger partial charge in [-0.2, -0.15) is 5.26 Å². The smallest absolute Gasteiger partial charge is 0.257 e. The van der Waals surface area contributed by atoms with E-state index >= 15 is 0 Å². The molecule has 0 spiro atoms. The molecule has 2 aromatic carbocycles. The van der Waals surface area contributed by atoms with Crippen molar-refractivity contribution < 1.29 is 9.90 Å². The van der Waals surface area contributed by atoms with E-state index in [1.165, 1.54) is 30.3 Å². The van der Waals surface area contributed by atoms with Crippen LogP contribution in [0.3, 0.4) is 0 Å². The van der Waals surface area contributed by atoms with Gasteiger partial charge in [-0.05, 0) is 36.4 Å². The van der Waals surface area contributed by atoms with Crippen LogP contribution in [-0.4, -0.2) is 11.0 Å². The Morgan fingerprint density at radius 2 is 1.90 bits per heavy atom. The second-order valence-corrected chi connectivity index (χ2v) is 4.74. The molecule has 0 atom stereocenters. The highest BCUT2D eigenvalue weighted by Gasteiger charge is 2.12. The first-order chi connectivity index (χ1) is 9.51. The Kier molecular flexibility index (Phi) is 4.14. The lowest BCUT2D eigenvalue weighted by Gasteiger charge is -2.08. The fourth-order valence-electron chi connectivity index (χ4n) is 1.57. The van der Waals surface area contributed by atoms with E-state index in [0.717, 1.165) is 0 Å². The number of carbonyl (C=O) groups excluding carboxylic acids is 1. The molecule has 2 N–H and O–H groups in total. The maximum Gasteiger partial charge on any atom is 0.257 e. The van der Waals surface area contributed by atoms with Crippen LogP contribution in [0.2, 0.25) is 10.0 Å². The number of anilines is 1. The van der Waals surface area contributed by atoms with Gasteiger partial charge in [0.2, 0.25) is 0 Å². The first-order valence-electron chi connectivity index (χ1n) is 5.51. The number of nitriles is 1. The van der Waals surface area contributed by atoms with E-state index < -0.39 is 5.91 Å². The first-order valence-corrected chi connectivity index (χ1v) is 6.26. The van der Waals surface area contributed by atoms with Crippen LogP contribution in [-0.2, 0) is 0 Å². The Labute approximate surface area is 125 Å². The molecule has 2 rings (SSSR count). The zero-order valence-corrected chi connectivity index (χ0v) is 11.5. The molecule has 0 fully saturated rings. The van der Waals surface area contributed by atoms with E-state index in [1.54, 1.807) is 6.07 Å². The number of nitrogens with one attached hydrogen (secondary N) is 1. The second-order valence-electron chi connectivity index (χ2n) is 3.92. The summed E-state index contributed by atoms with van der Waals surface area (Å²) in [5, 5.41) is 21.2. The summed E-state index contributed by atoms with van der Waals surface area (Å²) >= 11 is 11.8. The molecule has 0 aliphatic rings. The van der Waals surface area contributed by atoms with Gasteiger partial charge in [0.25, 0.3) is 5.91 Å². The quantitative estimate of drug-likeness (QED) is 0.885. The molecule has 100 valence electrons. The highest BCUT2D eigenvalue weighted by atomic mass is 35.5. The summed E-state index contributed by atoms with van der Waals surface area (Å²) in [6, 6.07) is 10.5. The van der Waals surface area contributed by atoms with Gasteiger partial charge in [0.05, 0.1) is 21.2 Å². The lowest BCUT2D eigenvalue weighted by atomic mass is 10.1. The van der Waals surface area contributed by atoms with Crippen molar-refractivity contribution in [2.75, 3.05) is 5.32 Å².